The number of alkyl halides is 2. The Hall–Kier alpha value is 0.0700. The molecule has 0 amide bonds. The number of fused-ring (bicyclic) bond motifs is 1. The van der Waals surface area contributed by atoms with Gasteiger partial charge in [-0.2, -0.15) is 0 Å². The molecule has 74 valence electrons. The van der Waals surface area contributed by atoms with Crippen LogP contribution in [0.3, 0.4) is 0 Å². The van der Waals surface area contributed by atoms with Gasteiger partial charge in [0.05, 0.1) is 15.2 Å². The highest BCUT2D eigenvalue weighted by atomic mass is 79.9. The average molecular weight is 335 g/mol. The largest absolute Gasteiger partial charge is 0.242 e. The summed E-state index contributed by atoms with van der Waals surface area (Å²) in [7, 11) is 0. The summed E-state index contributed by atoms with van der Waals surface area (Å²) in [5.74, 6) is 0. The lowest BCUT2D eigenvalue weighted by Crippen LogP contribution is -1.89. The number of aromatic nitrogens is 1. The molecule has 0 bridgehead atoms. The van der Waals surface area contributed by atoms with Gasteiger partial charge in [0.1, 0.15) is 0 Å². The van der Waals surface area contributed by atoms with E-state index in [0.29, 0.717) is 4.83 Å². The Kier molecular flexibility index (Phi) is 3.24. The monoisotopic (exact) mass is 333 g/mol. The summed E-state index contributed by atoms with van der Waals surface area (Å²) >= 11 is 8.82. The van der Waals surface area contributed by atoms with Crippen LogP contribution in [0.5, 0.6) is 0 Å². The molecule has 0 spiro atoms. The minimum absolute atomic E-state index is 0.384. The maximum absolute atomic E-state index is 4.43. The molecular weight excluding hydrogens is 326 g/mol. The van der Waals surface area contributed by atoms with Crippen molar-refractivity contribution in [1.82, 2.24) is 4.98 Å². The summed E-state index contributed by atoms with van der Waals surface area (Å²) in [5.41, 5.74) is 2.41. The van der Waals surface area contributed by atoms with Crippen LogP contribution in [-0.4, -0.2) is 10.3 Å². The molecule has 14 heavy (non-hydrogen) atoms. The number of halogens is 2. The predicted octanol–water partition coefficient (Wildman–Crippen LogP) is 4.44. The van der Waals surface area contributed by atoms with Crippen LogP contribution in [0, 0.1) is 6.92 Å². The summed E-state index contributed by atoms with van der Waals surface area (Å²) in [5, 5.41) is 2.05. The van der Waals surface area contributed by atoms with Gasteiger partial charge < -0.3 is 0 Å². The Bertz CT molecular complexity index is 452. The average Bonchev–Trinajstić information content (AvgIpc) is 2.55. The summed E-state index contributed by atoms with van der Waals surface area (Å²) < 4.78 is 1.27. The van der Waals surface area contributed by atoms with Crippen molar-refractivity contribution in [3.8, 4) is 0 Å². The fraction of sp³-hybridized carbons (Fsp3) is 0.300. The van der Waals surface area contributed by atoms with E-state index in [-0.39, 0.29) is 0 Å². The highest BCUT2D eigenvalue weighted by molar-refractivity contribution is 9.12. The van der Waals surface area contributed by atoms with Crippen molar-refractivity contribution in [2.24, 2.45) is 0 Å². The Morgan fingerprint density at radius 1 is 1.50 bits per heavy atom. The second kappa shape index (κ2) is 4.29. The number of hydrogen-bond acceptors (Lipinski definition) is 2. The number of hydrogen-bond donors (Lipinski definition) is 0. The molecule has 0 radical (unpaired) electrons. The zero-order chi connectivity index (χ0) is 10.1. The molecule has 4 heteroatoms. The number of nitrogens with zero attached hydrogens (tertiary/aromatic N) is 1. The van der Waals surface area contributed by atoms with E-state index in [1.807, 2.05) is 6.92 Å². The Morgan fingerprint density at radius 3 is 3.00 bits per heavy atom. The first-order valence-electron chi connectivity index (χ1n) is 4.28. The molecule has 1 aromatic carbocycles. The third kappa shape index (κ3) is 2.02. The lowest BCUT2D eigenvalue weighted by Gasteiger charge is -2.04. The van der Waals surface area contributed by atoms with E-state index >= 15 is 0 Å². The lowest BCUT2D eigenvalue weighted by atomic mass is 10.2. The SMILES string of the molecule is Cc1nc2ccc(C(Br)CBr)cc2s1. The van der Waals surface area contributed by atoms with Crippen LogP contribution >= 0.6 is 43.2 Å². The number of benzene rings is 1. The maximum Gasteiger partial charge on any atom is 0.0907 e. The van der Waals surface area contributed by atoms with Crippen LogP contribution in [0.25, 0.3) is 10.2 Å². The van der Waals surface area contributed by atoms with Crippen molar-refractivity contribution >= 4 is 53.4 Å². The molecule has 1 atom stereocenters. The zero-order valence-corrected chi connectivity index (χ0v) is 11.6. The Morgan fingerprint density at radius 2 is 2.29 bits per heavy atom. The normalized spacial score (nSPS) is 13.4. The van der Waals surface area contributed by atoms with E-state index in [1.165, 1.54) is 10.3 Å². The molecule has 1 aromatic heterocycles. The summed E-state index contributed by atoms with van der Waals surface area (Å²) in [6, 6.07) is 6.42. The fourth-order valence-corrected chi connectivity index (χ4v) is 2.87. The van der Waals surface area contributed by atoms with Gasteiger partial charge in [-0.05, 0) is 24.6 Å². The number of aryl methyl sites for hydroxylation is 1. The van der Waals surface area contributed by atoms with Gasteiger partial charge in [0, 0.05) is 10.2 Å². The van der Waals surface area contributed by atoms with E-state index in [2.05, 4.69) is 55.0 Å². The highest BCUT2D eigenvalue weighted by Crippen LogP contribution is 2.29. The first-order valence-corrected chi connectivity index (χ1v) is 7.13. The van der Waals surface area contributed by atoms with Gasteiger partial charge in [0.2, 0.25) is 0 Å². The molecule has 0 aliphatic heterocycles. The van der Waals surface area contributed by atoms with Gasteiger partial charge in [-0.25, -0.2) is 4.98 Å². The summed E-state index contributed by atoms with van der Waals surface area (Å²) in [6.07, 6.45) is 0. The van der Waals surface area contributed by atoms with E-state index in [0.717, 1.165) is 15.9 Å². The second-order valence-corrected chi connectivity index (χ2v) is 6.07. The molecule has 0 saturated carbocycles. The maximum atomic E-state index is 4.43. The quantitative estimate of drug-likeness (QED) is 0.740. The fourth-order valence-electron chi connectivity index (χ4n) is 1.34. The van der Waals surface area contributed by atoms with Gasteiger partial charge in [-0.3, -0.25) is 0 Å². The topological polar surface area (TPSA) is 12.9 Å². The van der Waals surface area contributed by atoms with E-state index in [1.54, 1.807) is 11.3 Å². The van der Waals surface area contributed by atoms with Gasteiger partial charge in [-0.1, -0.05) is 37.9 Å². The lowest BCUT2D eigenvalue weighted by molar-refractivity contribution is 1.16. The number of thiazole rings is 1. The molecule has 2 rings (SSSR count). The van der Waals surface area contributed by atoms with Crippen LogP contribution in [-0.2, 0) is 0 Å². The van der Waals surface area contributed by atoms with Crippen molar-refractivity contribution < 1.29 is 0 Å². The van der Waals surface area contributed by atoms with Crippen molar-refractivity contribution in [2.75, 3.05) is 5.33 Å². The minimum Gasteiger partial charge on any atom is -0.242 e. The predicted molar refractivity (Wildman–Crippen MR) is 69.8 cm³/mol. The Balaban J connectivity index is 2.50. The van der Waals surface area contributed by atoms with Crippen LogP contribution < -0.4 is 0 Å². The third-order valence-electron chi connectivity index (χ3n) is 2.02. The molecule has 2 aromatic rings. The van der Waals surface area contributed by atoms with Gasteiger partial charge >= 0.3 is 0 Å². The smallest absolute Gasteiger partial charge is 0.0907 e. The van der Waals surface area contributed by atoms with Gasteiger partial charge in [0.25, 0.3) is 0 Å². The first-order chi connectivity index (χ1) is 6.70. The molecule has 1 heterocycles. The first kappa shape index (κ1) is 10.6. The van der Waals surface area contributed by atoms with Crippen LogP contribution in [0.1, 0.15) is 15.4 Å². The molecule has 0 saturated heterocycles. The van der Waals surface area contributed by atoms with Crippen molar-refractivity contribution in [3.63, 3.8) is 0 Å². The van der Waals surface area contributed by atoms with Crippen molar-refractivity contribution in [2.45, 2.75) is 11.8 Å². The van der Waals surface area contributed by atoms with Gasteiger partial charge in [-0.15, -0.1) is 11.3 Å². The van der Waals surface area contributed by atoms with Crippen LogP contribution in [0.15, 0.2) is 18.2 Å². The summed E-state index contributed by atoms with van der Waals surface area (Å²) in [6.45, 7) is 2.04. The molecule has 1 unspecified atom stereocenters. The Labute approximate surface area is 104 Å². The van der Waals surface area contributed by atoms with Crippen molar-refractivity contribution in [1.29, 1.82) is 0 Å². The molecule has 0 fully saturated rings. The molecule has 1 nitrogen and oxygen atoms in total. The molecule has 0 N–H and O–H groups in total. The molecular formula is C10H9Br2NS. The van der Waals surface area contributed by atoms with E-state index < -0.39 is 0 Å². The van der Waals surface area contributed by atoms with Gasteiger partial charge in [0.15, 0.2) is 0 Å². The van der Waals surface area contributed by atoms with Crippen molar-refractivity contribution in [3.05, 3.63) is 28.8 Å². The highest BCUT2D eigenvalue weighted by Gasteiger charge is 2.07. The van der Waals surface area contributed by atoms with Crippen LogP contribution in [0.4, 0.5) is 0 Å². The molecule has 0 aliphatic carbocycles. The van der Waals surface area contributed by atoms with Crippen LogP contribution in [0.2, 0.25) is 0 Å². The minimum atomic E-state index is 0.384. The van der Waals surface area contributed by atoms with E-state index in [4.69, 9.17) is 0 Å². The third-order valence-corrected chi connectivity index (χ3v) is 5.32. The summed E-state index contributed by atoms with van der Waals surface area (Å²) in [4.78, 5) is 4.81. The second-order valence-electron chi connectivity index (χ2n) is 3.08. The standard InChI is InChI=1S/C10H9Br2NS/c1-6-13-9-3-2-7(8(12)5-11)4-10(9)14-6/h2-4,8H,5H2,1H3. The molecule has 0 aliphatic rings. The zero-order valence-electron chi connectivity index (χ0n) is 7.63. The number of rotatable bonds is 2. The van der Waals surface area contributed by atoms with E-state index in [9.17, 15) is 0 Å².